The zero-order valence-electron chi connectivity index (χ0n) is 12.1. The Morgan fingerprint density at radius 1 is 1.19 bits per heavy atom. The van der Waals surface area contributed by atoms with E-state index in [0.29, 0.717) is 6.04 Å². The lowest BCUT2D eigenvalue weighted by atomic mass is 10.2. The Morgan fingerprint density at radius 2 is 1.90 bits per heavy atom. The number of benzene rings is 1. The Balaban J connectivity index is 1.61. The van der Waals surface area contributed by atoms with Crippen LogP contribution < -0.4 is 4.90 Å². The summed E-state index contributed by atoms with van der Waals surface area (Å²) in [5.41, 5.74) is 1.92. The average Bonchev–Trinajstić information content (AvgIpc) is 3.09. The zero-order valence-corrected chi connectivity index (χ0v) is 12.9. The topological polar surface area (TPSA) is 43.2 Å². The van der Waals surface area contributed by atoms with Gasteiger partial charge in [0.1, 0.15) is 5.01 Å². The van der Waals surface area contributed by atoms with E-state index in [1.54, 1.807) is 11.3 Å². The van der Waals surface area contributed by atoms with E-state index in [9.17, 15) is 0 Å². The third-order valence-corrected chi connectivity index (χ3v) is 4.98. The van der Waals surface area contributed by atoms with Crippen molar-refractivity contribution in [2.24, 2.45) is 0 Å². The number of piperazine rings is 1. The number of nitriles is 1. The van der Waals surface area contributed by atoms with Gasteiger partial charge in [0.15, 0.2) is 0 Å². The summed E-state index contributed by atoms with van der Waals surface area (Å²) >= 11 is 1.73. The summed E-state index contributed by atoms with van der Waals surface area (Å²) in [5.74, 6) is 0. The SMILES string of the molecule is CC(c1nccs1)N1CCN(c2ccc(C#N)cc2)CC1. The van der Waals surface area contributed by atoms with E-state index in [0.717, 1.165) is 31.7 Å². The van der Waals surface area contributed by atoms with E-state index in [1.807, 2.05) is 35.8 Å². The summed E-state index contributed by atoms with van der Waals surface area (Å²) in [6.07, 6.45) is 1.88. The van der Waals surface area contributed by atoms with E-state index < -0.39 is 0 Å². The molecular formula is C16H18N4S. The predicted octanol–water partition coefficient (Wildman–Crippen LogP) is 2.90. The molecule has 1 unspecified atom stereocenters. The highest BCUT2D eigenvalue weighted by molar-refractivity contribution is 7.09. The second-order valence-corrected chi connectivity index (χ2v) is 6.15. The molecule has 0 bridgehead atoms. The van der Waals surface area contributed by atoms with Crippen LogP contribution in [0.25, 0.3) is 0 Å². The number of anilines is 1. The van der Waals surface area contributed by atoms with Crippen LogP contribution in [0.1, 0.15) is 23.5 Å². The van der Waals surface area contributed by atoms with Crippen molar-refractivity contribution in [3.63, 3.8) is 0 Å². The minimum atomic E-state index is 0.396. The van der Waals surface area contributed by atoms with Crippen LogP contribution in [0.3, 0.4) is 0 Å². The molecule has 1 aromatic carbocycles. The van der Waals surface area contributed by atoms with Gasteiger partial charge in [-0.25, -0.2) is 4.98 Å². The Bertz CT molecular complexity index is 607. The smallest absolute Gasteiger partial charge is 0.109 e. The Morgan fingerprint density at radius 3 is 2.48 bits per heavy atom. The largest absolute Gasteiger partial charge is 0.369 e. The van der Waals surface area contributed by atoms with Gasteiger partial charge in [-0.3, -0.25) is 4.90 Å². The molecule has 0 N–H and O–H groups in total. The summed E-state index contributed by atoms with van der Waals surface area (Å²) in [4.78, 5) is 9.29. The lowest BCUT2D eigenvalue weighted by Crippen LogP contribution is -2.47. The van der Waals surface area contributed by atoms with Crippen LogP contribution in [-0.4, -0.2) is 36.1 Å². The molecule has 1 fully saturated rings. The third-order valence-electron chi connectivity index (χ3n) is 4.03. The van der Waals surface area contributed by atoms with Gasteiger partial charge in [0.05, 0.1) is 17.7 Å². The lowest BCUT2D eigenvalue weighted by molar-refractivity contribution is 0.198. The summed E-state index contributed by atoms with van der Waals surface area (Å²) in [6, 6.07) is 10.4. The molecule has 2 aromatic rings. The molecule has 21 heavy (non-hydrogen) atoms. The second kappa shape index (κ2) is 6.25. The van der Waals surface area contributed by atoms with Gasteiger partial charge < -0.3 is 4.90 Å². The van der Waals surface area contributed by atoms with Crippen LogP contribution in [0, 0.1) is 11.3 Å². The maximum atomic E-state index is 8.85. The molecule has 108 valence electrons. The molecule has 0 aliphatic carbocycles. The Kier molecular flexibility index (Phi) is 4.18. The molecule has 4 nitrogen and oxygen atoms in total. The molecule has 0 radical (unpaired) electrons. The van der Waals surface area contributed by atoms with Crippen molar-refractivity contribution >= 4 is 17.0 Å². The first kappa shape index (κ1) is 14.1. The first-order valence-electron chi connectivity index (χ1n) is 7.16. The van der Waals surface area contributed by atoms with E-state index in [1.165, 1.54) is 10.7 Å². The molecular weight excluding hydrogens is 280 g/mol. The average molecular weight is 298 g/mol. The molecule has 0 saturated carbocycles. The van der Waals surface area contributed by atoms with Crippen molar-refractivity contribution in [1.82, 2.24) is 9.88 Å². The van der Waals surface area contributed by atoms with Gasteiger partial charge in [0.2, 0.25) is 0 Å². The van der Waals surface area contributed by atoms with Crippen molar-refractivity contribution in [2.75, 3.05) is 31.1 Å². The van der Waals surface area contributed by atoms with Crippen LogP contribution in [-0.2, 0) is 0 Å². The van der Waals surface area contributed by atoms with Gasteiger partial charge in [-0.1, -0.05) is 0 Å². The number of aromatic nitrogens is 1. The van der Waals surface area contributed by atoms with E-state index in [-0.39, 0.29) is 0 Å². The molecule has 0 spiro atoms. The zero-order chi connectivity index (χ0) is 14.7. The van der Waals surface area contributed by atoms with Gasteiger partial charge in [-0.2, -0.15) is 5.26 Å². The number of nitrogens with zero attached hydrogens (tertiary/aromatic N) is 4. The molecule has 3 rings (SSSR count). The van der Waals surface area contributed by atoms with Gasteiger partial charge >= 0.3 is 0 Å². The van der Waals surface area contributed by atoms with Crippen molar-refractivity contribution in [1.29, 1.82) is 5.26 Å². The monoisotopic (exact) mass is 298 g/mol. The van der Waals surface area contributed by atoms with Crippen molar-refractivity contribution < 1.29 is 0 Å². The van der Waals surface area contributed by atoms with Gasteiger partial charge in [0.25, 0.3) is 0 Å². The fourth-order valence-corrected chi connectivity index (χ4v) is 3.44. The maximum absolute atomic E-state index is 8.85. The first-order valence-corrected chi connectivity index (χ1v) is 8.04. The third kappa shape index (κ3) is 3.07. The quantitative estimate of drug-likeness (QED) is 0.874. The van der Waals surface area contributed by atoms with Gasteiger partial charge in [-0.15, -0.1) is 11.3 Å². The highest BCUT2D eigenvalue weighted by atomic mass is 32.1. The van der Waals surface area contributed by atoms with Gasteiger partial charge in [-0.05, 0) is 31.2 Å². The fourth-order valence-electron chi connectivity index (χ4n) is 2.71. The van der Waals surface area contributed by atoms with Crippen molar-refractivity contribution in [2.45, 2.75) is 13.0 Å². The summed E-state index contributed by atoms with van der Waals surface area (Å²) in [7, 11) is 0. The minimum Gasteiger partial charge on any atom is -0.369 e. The number of hydrogen-bond donors (Lipinski definition) is 0. The molecule has 1 saturated heterocycles. The second-order valence-electron chi connectivity index (χ2n) is 5.23. The number of thiazole rings is 1. The number of hydrogen-bond acceptors (Lipinski definition) is 5. The van der Waals surface area contributed by atoms with E-state index >= 15 is 0 Å². The lowest BCUT2D eigenvalue weighted by Gasteiger charge is -2.38. The van der Waals surface area contributed by atoms with Crippen molar-refractivity contribution in [3.8, 4) is 6.07 Å². The molecule has 0 amide bonds. The normalized spacial score (nSPS) is 17.4. The minimum absolute atomic E-state index is 0.396. The molecule has 5 heteroatoms. The summed E-state index contributed by atoms with van der Waals surface area (Å²) in [5, 5.41) is 12.1. The Labute approximate surface area is 129 Å². The first-order chi connectivity index (χ1) is 10.3. The molecule has 1 aliphatic rings. The van der Waals surface area contributed by atoms with Gasteiger partial charge in [0, 0.05) is 43.4 Å². The molecule has 2 heterocycles. The van der Waals surface area contributed by atoms with Crippen LogP contribution in [0.5, 0.6) is 0 Å². The van der Waals surface area contributed by atoms with E-state index in [2.05, 4.69) is 27.8 Å². The van der Waals surface area contributed by atoms with Crippen molar-refractivity contribution in [3.05, 3.63) is 46.4 Å². The molecule has 1 aromatic heterocycles. The predicted molar refractivity (Wildman–Crippen MR) is 85.5 cm³/mol. The molecule has 1 aliphatic heterocycles. The Hall–Kier alpha value is -1.90. The number of rotatable bonds is 3. The van der Waals surface area contributed by atoms with E-state index in [4.69, 9.17) is 5.26 Å². The summed E-state index contributed by atoms with van der Waals surface area (Å²) < 4.78 is 0. The van der Waals surface area contributed by atoms with Crippen LogP contribution in [0.2, 0.25) is 0 Å². The fraction of sp³-hybridized carbons (Fsp3) is 0.375. The highest BCUT2D eigenvalue weighted by Gasteiger charge is 2.23. The molecule has 1 atom stereocenters. The van der Waals surface area contributed by atoms with Crippen LogP contribution in [0.15, 0.2) is 35.8 Å². The highest BCUT2D eigenvalue weighted by Crippen LogP contribution is 2.25. The summed E-state index contributed by atoms with van der Waals surface area (Å²) in [6.45, 7) is 6.35. The van der Waals surface area contributed by atoms with Crippen LogP contribution in [0.4, 0.5) is 5.69 Å². The standard InChI is InChI=1S/C16H18N4S/c1-13(16-18-6-11-21-16)19-7-9-20(10-8-19)15-4-2-14(12-17)3-5-15/h2-6,11,13H,7-10H2,1H3. The van der Waals surface area contributed by atoms with Crippen LogP contribution >= 0.6 is 11.3 Å². The maximum Gasteiger partial charge on any atom is 0.109 e.